The fourth-order valence-corrected chi connectivity index (χ4v) is 4.62. The van der Waals surface area contributed by atoms with Gasteiger partial charge < -0.3 is 10.1 Å². The van der Waals surface area contributed by atoms with Crippen molar-refractivity contribution in [3.8, 4) is 16.9 Å². The van der Waals surface area contributed by atoms with Gasteiger partial charge in [0.25, 0.3) is 5.91 Å². The Labute approximate surface area is 158 Å². The zero-order valence-electron chi connectivity index (χ0n) is 13.2. The summed E-state index contributed by atoms with van der Waals surface area (Å²) in [4.78, 5) is 13.4. The summed E-state index contributed by atoms with van der Waals surface area (Å²) in [6, 6.07) is 14.5. The van der Waals surface area contributed by atoms with Crippen molar-refractivity contribution >= 4 is 62.4 Å². The maximum atomic E-state index is 11.8. The molecule has 3 nitrogen and oxygen atoms in total. The minimum Gasteiger partial charge on any atom is -0.497 e. The Kier molecular flexibility index (Phi) is 4.33. The fourth-order valence-electron chi connectivity index (χ4n) is 2.66. The van der Waals surface area contributed by atoms with E-state index in [0.717, 1.165) is 27.1 Å². The number of carbonyl (C=O) groups is 1. The van der Waals surface area contributed by atoms with E-state index in [2.05, 4.69) is 41.0 Å². The molecule has 0 saturated carbocycles. The predicted octanol–water partition coefficient (Wildman–Crippen LogP) is 5.07. The minimum atomic E-state index is -0.121. The maximum Gasteiger partial charge on any atom is 0.263 e. The van der Waals surface area contributed by atoms with E-state index in [4.69, 9.17) is 17.0 Å². The predicted molar refractivity (Wildman–Crippen MR) is 110 cm³/mol. The number of hydrogen-bond acceptors (Lipinski definition) is 5. The second kappa shape index (κ2) is 6.63. The molecular formula is C19H13NO2S3. The number of fused-ring (bicyclic) bond motifs is 1. The van der Waals surface area contributed by atoms with Crippen molar-refractivity contribution < 1.29 is 9.53 Å². The Morgan fingerprint density at radius 3 is 2.64 bits per heavy atom. The minimum absolute atomic E-state index is 0.121. The van der Waals surface area contributed by atoms with Gasteiger partial charge in [0.05, 0.1) is 12.0 Å². The number of rotatable bonds is 3. The highest BCUT2D eigenvalue weighted by Crippen LogP contribution is 2.33. The molecule has 0 radical (unpaired) electrons. The van der Waals surface area contributed by atoms with Crippen LogP contribution in [0.25, 0.3) is 28.0 Å². The summed E-state index contributed by atoms with van der Waals surface area (Å²) in [6.07, 6.45) is 1.89. The zero-order chi connectivity index (χ0) is 17.4. The molecule has 1 N–H and O–H groups in total. The Balaban J connectivity index is 1.66. The molecule has 2 heterocycles. The van der Waals surface area contributed by atoms with Crippen LogP contribution >= 0.6 is 35.3 Å². The first-order valence-corrected chi connectivity index (χ1v) is 9.64. The first-order chi connectivity index (χ1) is 12.1. The highest BCUT2D eigenvalue weighted by atomic mass is 32.2. The highest BCUT2D eigenvalue weighted by molar-refractivity contribution is 8.26. The van der Waals surface area contributed by atoms with Crippen LogP contribution in [0.2, 0.25) is 0 Å². The highest BCUT2D eigenvalue weighted by Gasteiger charge is 2.22. The van der Waals surface area contributed by atoms with Gasteiger partial charge in [-0.3, -0.25) is 4.79 Å². The number of thiocarbonyl (C=S) groups is 1. The Morgan fingerprint density at radius 1 is 1.08 bits per heavy atom. The molecule has 0 spiro atoms. The van der Waals surface area contributed by atoms with Crippen molar-refractivity contribution in [1.82, 2.24) is 5.32 Å². The number of methoxy groups -OCH3 is 1. The first-order valence-electron chi connectivity index (χ1n) is 7.54. The lowest BCUT2D eigenvalue weighted by molar-refractivity contribution is -0.115. The van der Waals surface area contributed by atoms with Crippen molar-refractivity contribution in [2.75, 3.05) is 7.11 Å². The molecule has 4 rings (SSSR count). The molecule has 1 saturated heterocycles. The quantitative estimate of drug-likeness (QED) is 0.506. The van der Waals surface area contributed by atoms with Crippen LogP contribution in [-0.4, -0.2) is 17.3 Å². The lowest BCUT2D eigenvalue weighted by Gasteiger charge is -2.04. The third kappa shape index (κ3) is 3.33. The van der Waals surface area contributed by atoms with E-state index in [9.17, 15) is 4.79 Å². The van der Waals surface area contributed by atoms with Crippen molar-refractivity contribution in [1.29, 1.82) is 0 Å². The molecule has 0 atom stereocenters. The molecule has 1 aromatic heterocycles. The van der Waals surface area contributed by atoms with Gasteiger partial charge in [-0.05, 0) is 57.6 Å². The SMILES string of the molecule is COc1ccc2cc(-c3csc(C=C4SC(=S)NC4=O)c3)ccc2c1. The van der Waals surface area contributed by atoms with Gasteiger partial charge in [0.2, 0.25) is 0 Å². The molecular weight excluding hydrogens is 370 g/mol. The van der Waals surface area contributed by atoms with Gasteiger partial charge >= 0.3 is 0 Å². The van der Waals surface area contributed by atoms with Gasteiger partial charge in [0.1, 0.15) is 10.1 Å². The van der Waals surface area contributed by atoms with Gasteiger partial charge in [0, 0.05) is 4.88 Å². The number of nitrogens with one attached hydrogen (secondary N) is 1. The zero-order valence-corrected chi connectivity index (χ0v) is 15.7. The van der Waals surface area contributed by atoms with Crippen molar-refractivity contribution in [3.05, 3.63) is 57.6 Å². The summed E-state index contributed by atoms with van der Waals surface area (Å²) in [5, 5.41) is 7.05. The molecule has 2 aromatic carbocycles. The molecule has 1 fully saturated rings. The van der Waals surface area contributed by atoms with E-state index in [1.54, 1.807) is 18.4 Å². The summed E-state index contributed by atoms with van der Waals surface area (Å²) in [6.45, 7) is 0. The molecule has 1 aliphatic rings. The van der Waals surface area contributed by atoms with E-state index >= 15 is 0 Å². The standard InChI is InChI=1S/C19H13NO2S3/c1-22-15-5-4-11-6-12(2-3-13(11)7-15)14-8-16(24-10-14)9-17-18(21)20-19(23)25-17/h2-10H,1H3,(H,20,21,23). The fraction of sp³-hybridized carbons (Fsp3) is 0.0526. The molecule has 124 valence electrons. The number of thioether (sulfide) groups is 1. The van der Waals surface area contributed by atoms with E-state index in [-0.39, 0.29) is 5.91 Å². The molecule has 1 amide bonds. The number of thiophene rings is 1. The molecule has 0 bridgehead atoms. The molecule has 0 unspecified atom stereocenters. The topological polar surface area (TPSA) is 38.3 Å². The van der Waals surface area contributed by atoms with Crippen LogP contribution in [-0.2, 0) is 4.79 Å². The van der Waals surface area contributed by atoms with E-state index in [0.29, 0.717) is 9.23 Å². The summed E-state index contributed by atoms with van der Waals surface area (Å²) in [5.41, 5.74) is 2.29. The smallest absolute Gasteiger partial charge is 0.263 e. The van der Waals surface area contributed by atoms with E-state index in [1.807, 2.05) is 18.2 Å². The molecule has 0 aliphatic carbocycles. The van der Waals surface area contributed by atoms with Gasteiger partial charge in [0.15, 0.2) is 0 Å². The van der Waals surface area contributed by atoms with E-state index < -0.39 is 0 Å². The van der Waals surface area contributed by atoms with Crippen LogP contribution in [0.4, 0.5) is 0 Å². The molecule has 3 aromatic rings. The molecule has 6 heteroatoms. The maximum absolute atomic E-state index is 11.8. The van der Waals surface area contributed by atoms with Crippen LogP contribution in [0.5, 0.6) is 5.75 Å². The lowest BCUT2D eigenvalue weighted by atomic mass is 10.0. The summed E-state index contributed by atoms with van der Waals surface area (Å²) < 4.78 is 5.78. The normalized spacial score (nSPS) is 15.8. The number of benzene rings is 2. The third-order valence-electron chi connectivity index (χ3n) is 3.92. The van der Waals surface area contributed by atoms with Crippen molar-refractivity contribution in [3.63, 3.8) is 0 Å². The van der Waals surface area contributed by atoms with Crippen molar-refractivity contribution in [2.45, 2.75) is 0 Å². The van der Waals surface area contributed by atoms with Gasteiger partial charge in [-0.25, -0.2) is 0 Å². The van der Waals surface area contributed by atoms with E-state index in [1.165, 1.54) is 17.1 Å². The van der Waals surface area contributed by atoms with Crippen LogP contribution in [0.15, 0.2) is 52.7 Å². The van der Waals surface area contributed by atoms with Crippen LogP contribution < -0.4 is 10.1 Å². The van der Waals surface area contributed by atoms with Gasteiger partial charge in [-0.1, -0.05) is 42.2 Å². The number of amides is 1. The first kappa shape index (κ1) is 16.3. The average Bonchev–Trinajstić information content (AvgIpc) is 3.20. The van der Waals surface area contributed by atoms with Crippen LogP contribution in [0.1, 0.15) is 4.88 Å². The number of ether oxygens (including phenoxy) is 1. The lowest BCUT2D eigenvalue weighted by Crippen LogP contribution is -2.17. The number of hydrogen-bond donors (Lipinski definition) is 1. The second-order valence-electron chi connectivity index (χ2n) is 5.52. The van der Waals surface area contributed by atoms with Gasteiger partial charge in [-0.2, -0.15) is 0 Å². The van der Waals surface area contributed by atoms with Gasteiger partial charge in [-0.15, -0.1) is 11.3 Å². The molecule has 25 heavy (non-hydrogen) atoms. The summed E-state index contributed by atoms with van der Waals surface area (Å²) in [5.74, 6) is 0.736. The Morgan fingerprint density at radius 2 is 1.88 bits per heavy atom. The number of carbonyl (C=O) groups excluding carboxylic acids is 1. The average molecular weight is 384 g/mol. The monoisotopic (exact) mass is 383 g/mol. The van der Waals surface area contributed by atoms with Crippen LogP contribution in [0, 0.1) is 0 Å². The summed E-state index contributed by atoms with van der Waals surface area (Å²) in [7, 11) is 1.67. The summed E-state index contributed by atoms with van der Waals surface area (Å²) >= 11 is 7.94. The third-order valence-corrected chi connectivity index (χ3v) is 5.96. The Hall–Kier alpha value is -2.15. The second-order valence-corrected chi connectivity index (χ2v) is 8.18. The van der Waals surface area contributed by atoms with Crippen molar-refractivity contribution in [2.24, 2.45) is 0 Å². The van der Waals surface area contributed by atoms with Crippen LogP contribution in [0.3, 0.4) is 0 Å². The largest absolute Gasteiger partial charge is 0.497 e. The Bertz CT molecular complexity index is 1040. The molecule has 1 aliphatic heterocycles.